The molecule has 1 amide bonds. The zero-order valence-corrected chi connectivity index (χ0v) is 14.9. The van der Waals surface area contributed by atoms with Gasteiger partial charge in [0.05, 0.1) is 11.9 Å². The van der Waals surface area contributed by atoms with Gasteiger partial charge in [-0.15, -0.1) is 5.10 Å². The summed E-state index contributed by atoms with van der Waals surface area (Å²) in [5.41, 5.74) is 0.427. The zero-order chi connectivity index (χ0) is 17.7. The van der Waals surface area contributed by atoms with Gasteiger partial charge >= 0.3 is 0 Å². The van der Waals surface area contributed by atoms with Crippen LogP contribution >= 0.6 is 0 Å². The predicted octanol–water partition coefficient (Wildman–Crippen LogP) is 2.27. The van der Waals surface area contributed by atoms with Crippen molar-refractivity contribution in [2.45, 2.75) is 57.0 Å². The minimum Gasteiger partial charge on any atom is -0.351 e. The lowest BCUT2D eigenvalue weighted by molar-refractivity contribution is -0.127. The fraction of sp³-hybridized carbons (Fsp3) is 0.600. The molecule has 4 bridgehead atoms. The Bertz CT molecular complexity index is 884. The summed E-state index contributed by atoms with van der Waals surface area (Å²) in [6, 6.07) is 7.17. The van der Waals surface area contributed by atoms with Crippen molar-refractivity contribution in [3.8, 4) is 0 Å². The van der Waals surface area contributed by atoms with Crippen molar-refractivity contribution >= 4 is 16.8 Å². The van der Waals surface area contributed by atoms with Crippen molar-refractivity contribution in [3.63, 3.8) is 0 Å². The highest BCUT2D eigenvalue weighted by Crippen LogP contribution is 2.55. The summed E-state index contributed by atoms with van der Waals surface area (Å²) >= 11 is 0. The average molecular weight is 352 g/mol. The Morgan fingerprint density at radius 2 is 1.77 bits per heavy atom. The van der Waals surface area contributed by atoms with Crippen LogP contribution in [-0.2, 0) is 11.3 Å². The van der Waals surface area contributed by atoms with Crippen LogP contribution < -0.4 is 10.9 Å². The standard InChI is InChI=1S/C20H24N4O2/c25-18(21-20-10-13-7-14(11-20)9-15(8-13)12-20)5-6-24-19(26)16-3-1-2-4-17(16)22-23-24/h1-4,13-15H,5-12H2,(H,21,25). The van der Waals surface area contributed by atoms with Crippen LogP contribution in [0.1, 0.15) is 44.9 Å². The molecule has 0 atom stereocenters. The minimum absolute atomic E-state index is 0.0197. The van der Waals surface area contributed by atoms with Gasteiger partial charge in [0.25, 0.3) is 5.56 Å². The number of amides is 1. The molecule has 0 spiro atoms. The first kappa shape index (κ1) is 16.0. The van der Waals surface area contributed by atoms with Crippen molar-refractivity contribution in [2.75, 3.05) is 0 Å². The van der Waals surface area contributed by atoms with Crippen LogP contribution in [0.4, 0.5) is 0 Å². The molecule has 1 aromatic carbocycles. The number of benzene rings is 1. The summed E-state index contributed by atoms with van der Waals surface area (Å²) in [5.74, 6) is 2.44. The van der Waals surface area contributed by atoms with Gasteiger partial charge < -0.3 is 5.32 Å². The number of aryl methyl sites for hydroxylation is 1. The van der Waals surface area contributed by atoms with Gasteiger partial charge in [0.1, 0.15) is 5.52 Å². The van der Waals surface area contributed by atoms with Crippen LogP contribution in [0.5, 0.6) is 0 Å². The largest absolute Gasteiger partial charge is 0.351 e. The average Bonchev–Trinajstić information content (AvgIpc) is 2.60. The lowest BCUT2D eigenvalue weighted by atomic mass is 9.53. The van der Waals surface area contributed by atoms with Crippen LogP contribution in [-0.4, -0.2) is 26.4 Å². The summed E-state index contributed by atoms with van der Waals surface area (Å²) < 4.78 is 1.31. The normalized spacial score (nSPS) is 32.1. The maximum atomic E-state index is 12.6. The molecule has 6 rings (SSSR count). The third-order valence-corrected chi connectivity index (χ3v) is 6.62. The molecule has 1 aromatic heterocycles. The van der Waals surface area contributed by atoms with Gasteiger partial charge in [-0.2, -0.15) is 0 Å². The molecule has 6 nitrogen and oxygen atoms in total. The number of carbonyl (C=O) groups excluding carboxylic acids is 1. The molecule has 136 valence electrons. The van der Waals surface area contributed by atoms with Crippen LogP contribution in [0.15, 0.2) is 29.1 Å². The molecule has 6 heteroatoms. The first-order valence-electron chi connectivity index (χ1n) is 9.74. The highest BCUT2D eigenvalue weighted by molar-refractivity contribution is 5.77. The van der Waals surface area contributed by atoms with E-state index in [9.17, 15) is 9.59 Å². The van der Waals surface area contributed by atoms with Crippen LogP contribution in [0.3, 0.4) is 0 Å². The van der Waals surface area contributed by atoms with E-state index in [1.807, 2.05) is 12.1 Å². The molecular weight excluding hydrogens is 328 g/mol. The lowest BCUT2D eigenvalue weighted by Gasteiger charge is -2.56. The summed E-state index contributed by atoms with van der Waals surface area (Å²) in [6.07, 6.45) is 7.77. The van der Waals surface area contributed by atoms with E-state index in [0.717, 1.165) is 37.0 Å². The molecule has 1 N–H and O–H groups in total. The van der Waals surface area contributed by atoms with Crippen molar-refractivity contribution in [1.82, 2.24) is 20.3 Å². The fourth-order valence-corrected chi connectivity index (χ4v) is 6.00. The number of nitrogens with one attached hydrogen (secondary N) is 1. The fourth-order valence-electron chi connectivity index (χ4n) is 6.00. The number of hydrogen-bond donors (Lipinski definition) is 1. The van der Waals surface area contributed by atoms with E-state index in [4.69, 9.17) is 0 Å². The highest BCUT2D eigenvalue weighted by atomic mass is 16.2. The van der Waals surface area contributed by atoms with Gasteiger partial charge in [0.15, 0.2) is 0 Å². The van der Waals surface area contributed by atoms with Gasteiger partial charge in [0, 0.05) is 12.0 Å². The van der Waals surface area contributed by atoms with Gasteiger partial charge in [-0.05, 0) is 68.4 Å². The van der Waals surface area contributed by atoms with E-state index in [0.29, 0.717) is 10.9 Å². The molecule has 0 aliphatic heterocycles. The maximum absolute atomic E-state index is 12.6. The Morgan fingerprint density at radius 3 is 2.46 bits per heavy atom. The van der Waals surface area contributed by atoms with Gasteiger partial charge in [-0.25, -0.2) is 4.68 Å². The molecular formula is C20H24N4O2. The topological polar surface area (TPSA) is 76.9 Å². The molecule has 0 unspecified atom stereocenters. The maximum Gasteiger partial charge on any atom is 0.277 e. The van der Waals surface area contributed by atoms with Crippen molar-refractivity contribution in [3.05, 3.63) is 34.6 Å². The number of rotatable bonds is 4. The molecule has 1 heterocycles. The summed E-state index contributed by atoms with van der Waals surface area (Å²) in [5, 5.41) is 12.0. The Hall–Kier alpha value is -2.24. The van der Waals surface area contributed by atoms with E-state index in [1.165, 1.54) is 23.9 Å². The monoisotopic (exact) mass is 352 g/mol. The molecule has 4 aliphatic rings. The summed E-state index contributed by atoms with van der Waals surface area (Å²) in [6.45, 7) is 0.273. The Morgan fingerprint density at radius 1 is 1.12 bits per heavy atom. The van der Waals surface area contributed by atoms with Crippen LogP contribution in [0.2, 0.25) is 0 Å². The Balaban J connectivity index is 1.27. The van der Waals surface area contributed by atoms with E-state index < -0.39 is 0 Å². The smallest absolute Gasteiger partial charge is 0.277 e. The predicted molar refractivity (Wildman–Crippen MR) is 97.5 cm³/mol. The number of hydrogen-bond acceptors (Lipinski definition) is 4. The first-order valence-corrected chi connectivity index (χ1v) is 9.74. The molecule has 4 fully saturated rings. The molecule has 4 aliphatic carbocycles. The van der Waals surface area contributed by atoms with Gasteiger partial charge in [-0.3, -0.25) is 9.59 Å². The second kappa shape index (κ2) is 5.89. The Labute approximate surface area is 152 Å². The SMILES string of the molecule is O=C(CCn1nnc2ccccc2c1=O)NC12CC3CC(CC(C3)C1)C2. The minimum atomic E-state index is -0.182. The molecule has 4 saturated carbocycles. The third kappa shape index (κ3) is 2.72. The first-order chi connectivity index (χ1) is 12.6. The molecule has 0 radical (unpaired) electrons. The highest BCUT2D eigenvalue weighted by Gasteiger charge is 2.51. The van der Waals surface area contributed by atoms with E-state index in [-0.39, 0.29) is 30.0 Å². The van der Waals surface area contributed by atoms with E-state index in [2.05, 4.69) is 15.6 Å². The van der Waals surface area contributed by atoms with Crippen LogP contribution in [0, 0.1) is 17.8 Å². The van der Waals surface area contributed by atoms with Gasteiger partial charge in [-0.1, -0.05) is 17.3 Å². The van der Waals surface area contributed by atoms with E-state index >= 15 is 0 Å². The number of fused-ring (bicyclic) bond motifs is 1. The summed E-state index contributed by atoms with van der Waals surface area (Å²) in [4.78, 5) is 25.1. The second-order valence-electron chi connectivity index (χ2n) is 8.63. The number of aromatic nitrogens is 3. The number of nitrogens with zero attached hydrogens (tertiary/aromatic N) is 3. The van der Waals surface area contributed by atoms with Gasteiger partial charge in [0.2, 0.25) is 5.91 Å². The molecule has 2 aromatic rings. The van der Waals surface area contributed by atoms with Crippen molar-refractivity contribution < 1.29 is 4.79 Å². The second-order valence-corrected chi connectivity index (χ2v) is 8.63. The zero-order valence-electron chi connectivity index (χ0n) is 14.9. The lowest BCUT2D eigenvalue weighted by Crippen LogP contribution is -2.59. The number of carbonyl (C=O) groups is 1. The van der Waals surface area contributed by atoms with Crippen LogP contribution in [0.25, 0.3) is 10.9 Å². The van der Waals surface area contributed by atoms with E-state index in [1.54, 1.807) is 12.1 Å². The quantitative estimate of drug-likeness (QED) is 0.916. The summed E-state index contributed by atoms with van der Waals surface area (Å²) in [7, 11) is 0. The Kier molecular flexibility index (Phi) is 3.62. The molecule has 26 heavy (non-hydrogen) atoms. The molecule has 0 saturated heterocycles. The van der Waals surface area contributed by atoms with Crippen molar-refractivity contribution in [1.29, 1.82) is 0 Å². The third-order valence-electron chi connectivity index (χ3n) is 6.62. The van der Waals surface area contributed by atoms with Crippen molar-refractivity contribution in [2.24, 2.45) is 17.8 Å².